The van der Waals surface area contributed by atoms with Crippen LogP contribution in [0.2, 0.25) is 0 Å². The highest BCUT2D eigenvalue weighted by atomic mass is 14.5. The number of nitrogens with two attached hydrogens (primary N) is 1. The van der Waals surface area contributed by atoms with E-state index in [0.29, 0.717) is 0 Å². The summed E-state index contributed by atoms with van der Waals surface area (Å²) in [4.78, 5) is 0. The summed E-state index contributed by atoms with van der Waals surface area (Å²) in [5.74, 6) is 0. The van der Waals surface area contributed by atoms with Crippen molar-refractivity contribution in [1.82, 2.24) is 0 Å². The standard InChI is InChI=1S/C3H4N2/c4-2-1-3-5/h1-2H,4H2/b2-1+. The molecule has 0 saturated heterocycles. The summed E-state index contributed by atoms with van der Waals surface area (Å²) in [6, 6.07) is 1.71. The van der Waals surface area contributed by atoms with E-state index in [4.69, 9.17) is 11.0 Å². The minimum atomic E-state index is 1.19. The SMILES string of the molecule is N#C/C=C/N. The molecule has 5 heavy (non-hydrogen) atoms. The molecule has 0 fully saturated rings. The Labute approximate surface area is 30.5 Å². The maximum Gasteiger partial charge on any atom is 0.0927 e. The molecule has 0 aromatic heterocycles. The first-order valence-electron chi connectivity index (χ1n) is 1.18. The maximum absolute atomic E-state index is 7.65. The van der Waals surface area contributed by atoms with Crippen LogP contribution in [-0.4, -0.2) is 0 Å². The second-order valence-electron chi connectivity index (χ2n) is 0.488. The lowest BCUT2D eigenvalue weighted by atomic mass is 10.7. The van der Waals surface area contributed by atoms with Crippen LogP contribution >= 0.6 is 0 Å². The van der Waals surface area contributed by atoms with Crippen LogP contribution in [0.15, 0.2) is 12.3 Å². The number of allylic oxidation sites excluding steroid dienone is 1. The first-order valence-corrected chi connectivity index (χ1v) is 1.18. The number of rotatable bonds is 0. The fourth-order valence-electron chi connectivity index (χ4n) is 0.0430. The van der Waals surface area contributed by atoms with Crippen molar-refractivity contribution in [2.75, 3.05) is 0 Å². The third kappa shape index (κ3) is 3.03. The third-order valence-corrected chi connectivity index (χ3v) is 0.171. The molecule has 0 spiro atoms. The van der Waals surface area contributed by atoms with Crippen molar-refractivity contribution >= 4 is 0 Å². The average molecular weight is 68.1 g/mol. The Hall–Kier alpha value is -0.970. The molecule has 0 aliphatic heterocycles. The van der Waals surface area contributed by atoms with Crippen LogP contribution in [0, 0.1) is 11.3 Å². The van der Waals surface area contributed by atoms with E-state index < -0.39 is 0 Å². The highest BCUT2D eigenvalue weighted by molar-refractivity contribution is 4.98. The molecule has 0 aliphatic rings. The van der Waals surface area contributed by atoms with Gasteiger partial charge in [-0.3, -0.25) is 0 Å². The summed E-state index contributed by atoms with van der Waals surface area (Å²) in [6.07, 6.45) is 2.40. The maximum atomic E-state index is 7.65. The number of nitriles is 1. The summed E-state index contributed by atoms with van der Waals surface area (Å²) in [7, 11) is 0. The van der Waals surface area contributed by atoms with Crippen molar-refractivity contribution in [2.45, 2.75) is 0 Å². The first-order chi connectivity index (χ1) is 2.41. The highest BCUT2D eigenvalue weighted by Crippen LogP contribution is 1.49. The molecule has 0 aliphatic carbocycles. The molecule has 2 nitrogen and oxygen atoms in total. The van der Waals surface area contributed by atoms with Gasteiger partial charge in [0.05, 0.1) is 6.07 Å². The Balaban J connectivity index is 3.04. The van der Waals surface area contributed by atoms with Crippen LogP contribution in [0.4, 0.5) is 0 Å². The Morgan fingerprint density at radius 3 is 2.40 bits per heavy atom. The molecule has 0 amide bonds. The van der Waals surface area contributed by atoms with Gasteiger partial charge in [0, 0.05) is 12.3 Å². The lowest BCUT2D eigenvalue weighted by molar-refractivity contribution is 1.51. The van der Waals surface area contributed by atoms with Crippen molar-refractivity contribution in [2.24, 2.45) is 5.73 Å². The molecule has 0 aromatic rings. The monoisotopic (exact) mass is 68.0 g/mol. The van der Waals surface area contributed by atoms with Crippen molar-refractivity contribution in [1.29, 1.82) is 5.26 Å². The van der Waals surface area contributed by atoms with E-state index >= 15 is 0 Å². The van der Waals surface area contributed by atoms with Gasteiger partial charge in [0.15, 0.2) is 0 Å². The third-order valence-electron chi connectivity index (χ3n) is 0.171. The number of hydrogen-bond acceptors (Lipinski definition) is 2. The summed E-state index contributed by atoms with van der Waals surface area (Å²) in [5, 5.41) is 7.65. The molecular weight excluding hydrogens is 64.0 g/mol. The topological polar surface area (TPSA) is 49.8 Å². The fraction of sp³-hybridized carbons (Fsp3) is 0. The van der Waals surface area contributed by atoms with E-state index in [1.807, 2.05) is 0 Å². The Morgan fingerprint density at radius 1 is 1.80 bits per heavy atom. The smallest absolute Gasteiger partial charge is 0.0927 e. The van der Waals surface area contributed by atoms with Gasteiger partial charge in [0.2, 0.25) is 0 Å². The van der Waals surface area contributed by atoms with Crippen LogP contribution in [0.1, 0.15) is 0 Å². The Kier molecular flexibility index (Phi) is 2.44. The van der Waals surface area contributed by atoms with E-state index in [9.17, 15) is 0 Å². The predicted molar refractivity (Wildman–Crippen MR) is 18.9 cm³/mol. The highest BCUT2D eigenvalue weighted by Gasteiger charge is 1.45. The van der Waals surface area contributed by atoms with Gasteiger partial charge in [0.25, 0.3) is 0 Å². The summed E-state index contributed by atoms with van der Waals surface area (Å²) >= 11 is 0. The van der Waals surface area contributed by atoms with E-state index in [1.165, 1.54) is 12.3 Å². The molecule has 2 heteroatoms. The molecule has 0 bridgehead atoms. The first kappa shape index (κ1) is 4.03. The van der Waals surface area contributed by atoms with Gasteiger partial charge >= 0.3 is 0 Å². The predicted octanol–water partition coefficient (Wildman–Crippen LogP) is -0.0176. The van der Waals surface area contributed by atoms with E-state index in [-0.39, 0.29) is 0 Å². The minimum Gasteiger partial charge on any atom is -0.404 e. The van der Waals surface area contributed by atoms with E-state index in [2.05, 4.69) is 0 Å². The second-order valence-corrected chi connectivity index (χ2v) is 0.488. The largest absolute Gasteiger partial charge is 0.404 e. The molecule has 0 unspecified atom stereocenters. The normalized spacial score (nSPS) is 7.80. The van der Waals surface area contributed by atoms with Gasteiger partial charge in [-0.25, -0.2) is 0 Å². The van der Waals surface area contributed by atoms with Gasteiger partial charge < -0.3 is 5.73 Å². The molecule has 0 rings (SSSR count). The Bertz CT molecular complexity index is 67.5. The summed E-state index contributed by atoms with van der Waals surface area (Å²) < 4.78 is 0. The van der Waals surface area contributed by atoms with Crippen LogP contribution in [-0.2, 0) is 0 Å². The van der Waals surface area contributed by atoms with E-state index in [1.54, 1.807) is 6.07 Å². The summed E-state index contributed by atoms with van der Waals surface area (Å²) in [5.41, 5.74) is 4.74. The second kappa shape index (κ2) is 3.03. The van der Waals surface area contributed by atoms with Gasteiger partial charge in [0.1, 0.15) is 0 Å². The van der Waals surface area contributed by atoms with Gasteiger partial charge in [-0.15, -0.1) is 0 Å². The van der Waals surface area contributed by atoms with Crippen LogP contribution in [0.25, 0.3) is 0 Å². The molecule has 0 saturated carbocycles. The zero-order valence-electron chi connectivity index (χ0n) is 2.68. The lowest BCUT2D eigenvalue weighted by Crippen LogP contribution is -1.71. The van der Waals surface area contributed by atoms with Crippen molar-refractivity contribution in [3.63, 3.8) is 0 Å². The van der Waals surface area contributed by atoms with Crippen LogP contribution < -0.4 is 5.73 Å². The molecule has 0 atom stereocenters. The molecule has 0 aromatic carbocycles. The lowest BCUT2D eigenvalue weighted by Gasteiger charge is -1.51. The van der Waals surface area contributed by atoms with Crippen molar-refractivity contribution in [3.8, 4) is 6.07 Å². The number of nitrogens with zero attached hydrogens (tertiary/aromatic N) is 1. The van der Waals surface area contributed by atoms with Crippen molar-refractivity contribution < 1.29 is 0 Å². The van der Waals surface area contributed by atoms with Crippen LogP contribution in [0.5, 0.6) is 0 Å². The van der Waals surface area contributed by atoms with Crippen LogP contribution in [0.3, 0.4) is 0 Å². The molecule has 2 N–H and O–H groups in total. The minimum absolute atomic E-state index is 1.19. The molecule has 26 valence electrons. The molecule has 0 radical (unpaired) electrons. The zero-order valence-corrected chi connectivity index (χ0v) is 2.68. The van der Waals surface area contributed by atoms with Gasteiger partial charge in [-0.1, -0.05) is 0 Å². The zero-order chi connectivity index (χ0) is 4.12. The molecular formula is C3H4N2. The van der Waals surface area contributed by atoms with Crippen molar-refractivity contribution in [3.05, 3.63) is 12.3 Å². The number of hydrogen-bond donors (Lipinski definition) is 1. The average Bonchev–Trinajstić information content (AvgIpc) is 1.41. The fourth-order valence-corrected chi connectivity index (χ4v) is 0.0430. The Morgan fingerprint density at radius 2 is 2.40 bits per heavy atom. The van der Waals surface area contributed by atoms with Gasteiger partial charge in [-0.05, 0) is 0 Å². The molecule has 0 heterocycles. The summed E-state index contributed by atoms with van der Waals surface area (Å²) in [6.45, 7) is 0. The quantitative estimate of drug-likeness (QED) is 0.405. The van der Waals surface area contributed by atoms with E-state index in [0.717, 1.165) is 0 Å². The van der Waals surface area contributed by atoms with Gasteiger partial charge in [-0.2, -0.15) is 5.26 Å².